The molecule has 0 bridgehead atoms. The maximum atomic E-state index is 13.1. The minimum atomic E-state index is -1.92. The van der Waals surface area contributed by atoms with Crippen LogP contribution >= 0.6 is 0 Å². The van der Waals surface area contributed by atoms with Crippen molar-refractivity contribution < 1.29 is 58.2 Å². The van der Waals surface area contributed by atoms with Crippen LogP contribution in [0.3, 0.4) is 0 Å². The number of rotatable bonds is 47. The van der Waals surface area contributed by atoms with Crippen molar-refractivity contribution in [2.45, 2.75) is 250 Å². The van der Waals surface area contributed by atoms with E-state index in [1.165, 1.54) is 0 Å². The molecule has 1 heterocycles. The SMILES string of the molecule is CC/C=C\C/C=C\C/C=C\C/C=C\CCCCCCC(=O)OCC(COC1OC(C(=O)O)C(O)C(O)C1OC(=O)CCCCCCC/C=C\C/C=C\CCC)OC(=O)CCCCCCC/C=C\C/C=C\C/C=C\CC. The summed E-state index contributed by atoms with van der Waals surface area (Å²) in [6.45, 7) is 5.64. The molecule has 0 spiro atoms. The lowest BCUT2D eigenvalue weighted by Crippen LogP contribution is -2.61. The third-order valence-electron chi connectivity index (χ3n) is 12.3. The van der Waals surface area contributed by atoms with E-state index in [4.69, 9.17) is 23.7 Å². The van der Waals surface area contributed by atoms with E-state index in [9.17, 15) is 34.5 Å². The van der Waals surface area contributed by atoms with E-state index in [-0.39, 0.29) is 25.9 Å². The highest BCUT2D eigenvalue weighted by Crippen LogP contribution is 2.26. The molecule has 1 aliphatic rings. The van der Waals surface area contributed by atoms with E-state index in [2.05, 4.69) is 130 Å². The standard InChI is InChI=1S/C63H100O12/c1-4-7-10-13-16-19-22-25-27-28-30-32-34-37-40-43-46-49-55(64)71-52-54(73-56(65)50-47-44-41-38-36-33-29-26-23-20-17-14-11-8-5-2)53-72-63-61(59(68)58(67)60(75-63)62(69)70)74-57(66)51-48-45-42-39-35-31-24-21-18-15-12-9-6-3/h7-8,10-12,15-17,19-21,24-27,29-30,32,54,58-61,63,67-68H,4-6,9,13-14,18,22-23,28,31,33-53H2,1-3H3,(H,69,70)/b10-7-,11-8-,15-12-,19-16-,20-17-,24-21-,27-25-,29-26-,32-30-. The van der Waals surface area contributed by atoms with Gasteiger partial charge in [0.15, 0.2) is 24.6 Å². The Hall–Kier alpha value is -4.62. The molecule has 0 radical (unpaired) electrons. The van der Waals surface area contributed by atoms with Crippen LogP contribution in [0.15, 0.2) is 109 Å². The topological polar surface area (TPSA) is 175 Å². The second-order valence-corrected chi connectivity index (χ2v) is 19.2. The lowest BCUT2D eigenvalue weighted by atomic mass is 9.98. The molecule has 0 saturated carbocycles. The molecule has 0 amide bonds. The van der Waals surface area contributed by atoms with Gasteiger partial charge in [-0.1, -0.05) is 188 Å². The Morgan fingerprint density at radius 2 is 0.840 bits per heavy atom. The minimum absolute atomic E-state index is 0.0341. The molecular weight excluding hydrogens is 949 g/mol. The molecule has 0 aromatic rings. The van der Waals surface area contributed by atoms with Crippen molar-refractivity contribution in [3.63, 3.8) is 0 Å². The number of ether oxygens (including phenoxy) is 5. The van der Waals surface area contributed by atoms with Gasteiger partial charge in [0.2, 0.25) is 0 Å². The number of unbranched alkanes of at least 4 members (excludes halogenated alkanes) is 15. The highest BCUT2D eigenvalue weighted by Gasteiger charge is 2.50. The molecule has 6 unspecified atom stereocenters. The van der Waals surface area contributed by atoms with Crippen LogP contribution in [-0.4, -0.2) is 89.2 Å². The molecule has 1 rings (SSSR count). The third kappa shape index (κ3) is 40.3. The largest absolute Gasteiger partial charge is 0.479 e. The average Bonchev–Trinajstić information content (AvgIpc) is 3.39. The quantitative estimate of drug-likeness (QED) is 0.0228. The molecular formula is C63H100O12. The summed E-state index contributed by atoms with van der Waals surface area (Å²) in [5, 5.41) is 31.4. The summed E-state index contributed by atoms with van der Waals surface area (Å²) < 4.78 is 28.3. The summed E-state index contributed by atoms with van der Waals surface area (Å²) >= 11 is 0. The zero-order valence-corrected chi connectivity index (χ0v) is 46.5. The summed E-state index contributed by atoms with van der Waals surface area (Å²) in [4.78, 5) is 51.1. The second kappa shape index (κ2) is 50.2. The van der Waals surface area contributed by atoms with Crippen LogP contribution in [0.4, 0.5) is 0 Å². The molecule has 12 heteroatoms. The van der Waals surface area contributed by atoms with E-state index in [0.29, 0.717) is 19.3 Å². The number of hydrogen-bond acceptors (Lipinski definition) is 11. The predicted molar refractivity (Wildman–Crippen MR) is 303 cm³/mol. The van der Waals surface area contributed by atoms with E-state index in [1.807, 2.05) is 0 Å². The van der Waals surface area contributed by atoms with Gasteiger partial charge in [-0.2, -0.15) is 0 Å². The maximum absolute atomic E-state index is 13.1. The van der Waals surface area contributed by atoms with Crippen LogP contribution in [0.5, 0.6) is 0 Å². The molecule has 0 aromatic carbocycles. The first kappa shape index (κ1) is 68.4. The van der Waals surface area contributed by atoms with E-state index in [1.54, 1.807) is 0 Å². The Morgan fingerprint density at radius 1 is 0.453 bits per heavy atom. The van der Waals surface area contributed by atoms with Gasteiger partial charge in [0.1, 0.15) is 18.8 Å². The highest BCUT2D eigenvalue weighted by molar-refractivity contribution is 5.74. The zero-order chi connectivity index (χ0) is 54.7. The zero-order valence-electron chi connectivity index (χ0n) is 46.5. The van der Waals surface area contributed by atoms with Gasteiger partial charge in [-0.05, 0) is 116 Å². The molecule has 0 aliphatic carbocycles. The van der Waals surface area contributed by atoms with Crippen molar-refractivity contribution >= 4 is 23.9 Å². The average molecular weight is 1050 g/mol. The summed E-state index contributed by atoms with van der Waals surface area (Å²) in [5.41, 5.74) is 0. The first-order chi connectivity index (χ1) is 36.6. The maximum Gasteiger partial charge on any atom is 0.335 e. The van der Waals surface area contributed by atoms with Gasteiger partial charge < -0.3 is 39.0 Å². The Balaban J connectivity index is 2.74. The molecule has 1 fully saturated rings. The Bertz CT molecular complexity index is 1720. The lowest BCUT2D eigenvalue weighted by Gasteiger charge is -2.40. The van der Waals surface area contributed by atoms with Crippen molar-refractivity contribution in [3.05, 3.63) is 109 Å². The first-order valence-corrected chi connectivity index (χ1v) is 28.9. The Kier molecular flexibility index (Phi) is 45.8. The van der Waals surface area contributed by atoms with Gasteiger partial charge >= 0.3 is 23.9 Å². The van der Waals surface area contributed by atoms with Gasteiger partial charge in [-0.25, -0.2) is 4.79 Å². The van der Waals surface area contributed by atoms with Crippen molar-refractivity contribution in [1.82, 2.24) is 0 Å². The number of allylic oxidation sites excluding steroid dienone is 18. The van der Waals surface area contributed by atoms with E-state index in [0.717, 1.165) is 154 Å². The molecule has 12 nitrogen and oxygen atoms in total. The molecule has 6 atom stereocenters. The molecule has 75 heavy (non-hydrogen) atoms. The summed E-state index contributed by atoms with van der Waals surface area (Å²) in [5.74, 6) is -3.21. The molecule has 0 aromatic heterocycles. The number of aliphatic hydroxyl groups excluding tert-OH is 2. The number of carboxylic acids is 1. The summed E-state index contributed by atoms with van der Waals surface area (Å²) in [7, 11) is 0. The Labute approximate surface area is 453 Å². The van der Waals surface area contributed by atoms with E-state index < -0.39 is 67.3 Å². The molecule has 3 N–H and O–H groups in total. The van der Waals surface area contributed by atoms with Crippen molar-refractivity contribution in [2.24, 2.45) is 0 Å². The number of carbonyl (C=O) groups is 4. The van der Waals surface area contributed by atoms with Gasteiger partial charge in [0.05, 0.1) is 6.61 Å². The molecule has 1 aliphatic heterocycles. The van der Waals surface area contributed by atoms with Crippen LogP contribution in [0.25, 0.3) is 0 Å². The summed E-state index contributed by atoms with van der Waals surface area (Å²) in [6.07, 6.45) is 54.9. The number of carboxylic acid groups (broad SMARTS) is 1. The van der Waals surface area contributed by atoms with Gasteiger partial charge in [-0.15, -0.1) is 0 Å². The normalized spacial score (nSPS) is 19.0. The van der Waals surface area contributed by atoms with Gasteiger partial charge in [-0.3, -0.25) is 14.4 Å². The Morgan fingerprint density at radius 3 is 1.28 bits per heavy atom. The van der Waals surface area contributed by atoms with Crippen LogP contribution in [0, 0.1) is 0 Å². The fourth-order valence-corrected chi connectivity index (χ4v) is 7.94. The fourth-order valence-electron chi connectivity index (χ4n) is 7.94. The number of aliphatic hydroxyl groups is 2. The second-order valence-electron chi connectivity index (χ2n) is 19.2. The first-order valence-electron chi connectivity index (χ1n) is 28.9. The molecule has 1 saturated heterocycles. The van der Waals surface area contributed by atoms with Crippen molar-refractivity contribution in [3.8, 4) is 0 Å². The number of carbonyl (C=O) groups excluding carboxylic acids is 3. The minimum Gasteiger partial charge on any atom is -0.479 e. The van der Waals surface area contributed by atoms with Crippen LogP contribution < -0.4 is 0 Å². The van der Waals surface area contributed by atoms with Crippen LogP contribution in [0.1, 0.15) is 213 Å². The smallest absolute Gasteiger partial charge is 0.335 e. The van der Waals surface area contributed by atoms with Gasteiger partial charge in [0.25, 0.3) is 0 Å². The van der Waals surface area contributed by atoms with Crippen molar-refractivity contribution in [2.75, 3.05) is 13.2 Å². The van der Waals surface area contributed by atoms with Crippen molar-refractivity contribution in [1.29, 1.82) is 0 Å². The van der Waals surface area contributed by atoms with Crippen LogP contribution in [0.2, 0.25) is 0 Å². The van der Waals surface area contributed by atoms with E-state index >= 15 is 0 Å². The highest BCUT2D eigenvalue weighted by atomic mass is 16.7. The van der Waals surface area contributed by atoms with Crippen LogP contribution in [-0.2, 0) is 42.9 Å². The lowest BCUT2D eigenvalue weighted by molar-refractivity contribution is -0.301. The number of aliphatic carboxylic acids is 1. The molecule has 424 valence electrons. The fraction of sp³-hybridized carbons (Fsp3) is 0.651. The number of hydrogen-bond donors (Lipinski definition) is 3. The van der Waals surface area contributed by atoms with Gasteiger partial charge in [0, 0.05) is 19.3 Å². The monoisotopic (exact) mass is 1050 g/mol. The summed E-state index contributed by atoms with van der Waals surface area (Å²) in [6, 6.07) is 0. The third-order valence-corrected chi connectivity index (χ3v) is 12.3. The number of esters is 3. The predicted octanol–water partition coefficient (Wildman–Crippen LogP) is 14.7.